The summed E-state index contributed by atoms with van der Waals surface area (Å²) in [5, 5.41) is 11.3. The van der Waals surface area contributed by atoms with Crippen LogP contribution in [0.3, 0.4) is 0 Å². The second-order valence-corrected chi connectivity index (χ2v) is 6.80. The summed E-state index contributed by atoms with van der Waals surface area (Å²) in [6.07, 6.45) is 0.468. The molecule has 28 heavy (non-hydrogen) atoms. The number of hydrogen-bond donors (Lipinski definition) is 1. The number of carbonyl (C=O) groups is 2. The smallest absolute Gasteiger partial charge is 0.295 e. The Morgan fingerprint density at radius 3 is 2.50 bits per heavy atom. The molecule has 0 spiro atoms. The Morgan fingerprint density at radius 1 is 1.18 bits per heavy atom. The minimum absolute atomic E-state index is 0.144. The third kappa shape index (κ3) is 3.79. The van der Waals surface area contributed by atoms with Gasteiger partial charge in [0.2, 0.25) is 0 Å². The molecule has 1 atom stereocenters. The van der Waals surface area contributed by atoms with E-state index in [-0.39, 0.29) is 23.4 Å². The van der Waals surface area contributed by atoms with Crippen molar-refractivity contribution in [3.63, 3.8) is 0 Å². The maximum Gasteiger partial charge on any atom is 0.295 e. The lowest BCUT2D eigenvalue weighted by Crippen LogP contribution is -2.31. The van der Waals surface area contributed by atoms with Crippen LogP contribution < -0.4 is 0 Å². The molecule has 0 bridgehead atoms. The Morgan fingerprint density at radius 2 is 1.86 bits per heavy atom. The second kappa shape index (κ2) is 8.54. The number of benzene rings is 2. The van der Waals surface area contributed by atoms with E-state index in [0.717, 1.165) is 0 Å². The topological polar surface area (TPSA) is 66.8 Å². The van der Waals surface area contributed by atoms with Crippen molar-refractivity contribution in [2.75, 3.05) is 20.3 Å². The highest BCUT2D eigenvalue weighted by molar-refractivity contribution is 6.46. The molecule has 1 aliphatic rings. The minimum atomic E-state index is -1.02. The maximum absolute atomic E-state index is 14.6. The van der Waals surface area contributed by atoms with Gasteiger partial charge < -0.3 is 14.7 Å². The van der Waals surface area contributed by atoms with Gasteiger partial charge in [0, 0.05) is 36.4 Å². The highest BCUT2D eigenvalue weighted by Crippen LogP contribution is 2.40. The quantitative estimate of drug-likeness (QED) is 0.343. The van der Waals surface area contributed by atoms with Crippen molar-refractivity contribution in [3.05, 3.63) is 76.1 Å². The van der Waals surface area contributed by atoms with Crippen molar-refractivity contribution < 1.29 is 23.8 Å². The zero-order valence-electron chi connectivity index (χ0n) is 15.2. The number of ether oxygens (including phenoxy) is 1. The van der Waals surface area contributed by atoms with Crippen LogP contribution in [0.1, 0.15) is 23.6 Å². The Kier molecular flexibility index (Phi) is 6.11. The number of halogens is 2. The van der Waals surface area contributed by atoms with Gasteiger partial charge in [0.15, 0.2) is 0 Å². The fourth-order valence-electron chi connectivity index (χ4n) is 3.27. The molecular weight excluding hydrogens is 385 g/mol. The largest absolute Gasteiger partial charge is 0.507 e. The van der Waals surface area contributed by atoms with E-state index in [4.69, 9.17) is 16.3 Å². The van der Waals surface area contributed by atoms with Crippen molar-refractivity contribution in [3.8, 4) is 0 Å². The molecule has 0 radical (unpaired) electrons. The number of hydrogen-bond acceptors (Lipinski definition) is 4. The van der Waals surface area contributed by atoms with E-state index in [0.29, 0.717) is 23.6 Å². The molecule has 2 aromatic rings. The van der Waals surface area contributed by atoms with Crippen molar-refractivity contribution >= 4 is 29.1 Å². The summed E-state index contributed by atoms with van der Waals surface area (Å²) in [5.74, 6) is -2.55. The normalized spacial score (nSPS) is 18.7. The van der Waals surface area contributed by atoms with Crippen LogP contribution in [-0.2, 0) is 14.3 Å². The maximum atomic E-state index is 14.6. The fraction of sp³-hybridized carbons (Fsp3) is 0.238. The predicted octanol–water partition coefficient (Wildman–Crippen LogP) is 3.94. The number of rotatable bonds is 6. The molecule has 2 aromatic carbocycles. The molecule has 0 aliphatic carbocycles. The Hall–Kier alpha value is -2.70. The van der Waals surface area contributed by atoms with Gasteiger partial charge in [-0.15, -0.1) is 0 Å². The Bertz CT molecular complexity index is 926. The lowest BCUT2D eigenvalue weighted by atomic mass is 9.95. The molecule has 3 rings (SSSR count). The van der Waals surface area contributed by atoms with Gasteiger partial charge >= 0.3 is 0 Å². The van der Waals surface area contributed by atoms with Gasteiger partial charge in [0.25, 0.3) is 11.7 Å². The molecule has 7 heteroatoms. The number of likely N-dealkylation sites (tertiary alicyclic amines) is 1. The van der Waals surface area contributed by atoms with E-state index in [1.807, 2.05) is 0 Å². The van der Waals surface area contributed by atoms with E-state index in [2.05, 4.69) is 0 Å². The molecule has 5 nitrogen and oxygen atoms in total. The monoisotopic (exact) mass is 403 g/mol. The number of Topliss-reactive ketones (excluding diaryl/α,β-unsaturated/α-hetero) is 1. The summed E-state index contributed by atoms with van der Waals surface area (Å²) < 4.78 is 19.6. The molecule has 0 unspecified atom stereocenters. The first-order valence-corrected chi connectivity index (χ1v) is 9.11. The van der Waals surface area contributed by atoms with Gasteiger partial charge in [0.1, 0.15) is 11.6 Å². The summed E-state index contributed by atoms with van der Waals surface area (Å²) in [6, 6.07) is 11.1. The molecule has 146 valence electrons. The summed E-state index contributed by atoms with van der Waals surface area (Å²) >= 11 is 5.88. The minimum Gasteiger partial charge on any atom is -0.507 e. The number of nitrogens with zero attached hydrogens (tertiary/aromatic N) is 1. The molecular formula is C21H19ClFNO4. The first kappa shape index (κ1) is 20.0. The summed E-state index contributed by atoms with van der Waals surface area (Å²) in [6.45, 7) is 0.568. The van der Waals surface area contributed by atoms with E-state index >= 15 is 0 Å². The van der Waals surface area contributed by atoms with Gasteiger partial charge in [-0.25, -0.2) is 4.39 Å². The number of amides is 1. The van der Waals surface area contributed by atoms with E-state index < -0.39 is 23.5 Å². The van der Waals surface area contributed by atoms with Crippen molar-refractivity contribution in [2.45, 2.75) is 12.5 Å². The third-order valence-corrected chi connectivity index (χ3v) is 4.86. The van der Waals surface area contributed by atoms with E-state index in [1.165, 1.54) is 42.3 Å². The van der Waals surface area contributed by atoms with Gasteiger partial charge in [-0.2, -0.15) is 0 Å². The first-order valence-electron chi connectivity index (χ1n) is 8.73. The summed E-state index contributed by atoms with van der Waals surface area (Å²) in [5.41, 5.74) is 0.324. The van der Waals surface area contributed by atoms with Crippen LogP contribution in [0.4, 0.5) is 4.39 Å². The predicted molar refractivity (Wildman–Crippen MR) is 103 cm³/mol. The van der Waals surface area contributed by atoms with Gasteiger partial charge in [-0.1, -0.05) is 29.8 Å². The van der Waals surface area contributed by atoms with Crippen molar-refractivity contribution in [2.24, 2.45) is 0 Å². The molecule has 1 fully saturated rings. The number of ketones is 1. The average molecular weight is 404 g/mol. The van der Waals surface area contributed by atoms with E-state index in [9.17, 15) is 19.1 Å². The zero-order chi connectivity index (χ0) is 20.3. The zero-order valence-corrected chi connectivity index (χ0v) is 15.9. The van der Waals surface area contributed by atoms with Gasteiger partial charge in [-0.3, -0.25) is 9.59 Å². The Labute approximate surface area is 167 Å². The highest BCUT2D eigenvalue weighted by Gasteiger charge is 2.46. The van der Waals surface area contributed by atoms with Crippen LogP contribution in [0, 0.1) is 5.82 Å². The fourth-order valence-corrected chi connectivity index (χ4v) is 3.40. The Balaban J connectivity index is 2.14. The summed E-state index contributed by atoms with van der Waals surface area (Å²) in [4.78, 5) is 26.7. The first-order chi connectivity index (χ1) is 13.5. The number of aliphatic hydroxyl groups excluding tert-OH is 1. The SMILES string of the molecule is COCCCN1C(=O)C(=O)C(=C(O)c2ccc(Cl)cc2)[C@H]1c1ccccc1F. The molecule has 0 saturated carbocycles. The molecule has 1 amide bonds. The lowest BCUT2D eigenvalue weighted by molar-refractivity contribution is -0.140. The molecule has 1 N–H and O–H groups in total. The standard InChI is InChI=1S/C21H19ClFNO4/c1-28-12-4-11-24-18(15-5-2-3-6-16(15)23)17(20(26)21(24)27)19(25)13-7-9-14(22)10-8-13/h2-3,5-10,18,25H,4,11-12H2,1H3/t18-/m1/s1. The second-order valence-electron chi connectivity index (χ2n) is 6.37. The van der Waals surface area contributed by atoms with Crippen molar-refractivity contribution in [1.29, 1.82) is 0 Å². The highest BCUT2D eigenvalue weighted by atomic mass is 35.5. The van der Waals surface area contributed by atoms with Crippen molar-refractivity contribution in [1.82, 2.24) is 4.90 Å². The summed E-state index contributed by atoms with van der Waals surface area (Å²) in [7, 11) is 1.53. The van der Waals surface area contributed by atoms with Crippen LogP contribution in [0.2, 0.25) is 5.02 Å². The van der Waals surface area contributed by atoms with Crippen LogP contribution >= 0.6 is 11.6 Å². The van der Waals surface area contributed by atoms with Crippen LogP contribution in [0.5, 0.6) is 0 Å². The number of aliphatic hydroxyl groups is 1. The average Bonchev–Trinajstić information content (AvgIpc) is 2.93. The van der Waals surface area contributed by atoms with Crippen LogP contribution in [-0.4, -0.2) is 42.0 Å². The molecule has 1 aliphatic heterocycles. The lowest BCUT2D eigenvalue weighted by Gasteiger charge is -2.25. The van der Waals surface area contributed by atoms with Crippen LogP contribution in [0.25, 0.3) is 5.76 Å². The molecule has 1 saturated heterocycles. The molecule has 0 aromatic heterocycles. The van der Waals surface area contributed by atoms with Gasteiger partial charge in [0.05, 0.1) is 11.6 Å². The number of carbonyl (C=O) groups excluding carboxylic acids is 2. The van der Waals surface area contributed by atoms with Crippen LogP contribution in [0.15, 0.2) is 54.1 Å². The van der Waals surface area contributed by atoms with E-state index in [1.54, 1.807) is 18.2 Å². The van der Waals surface area contributed by atoms with Gasteiger partial charge in [-0.05, 0) is 36.8 Å². The number of methoxy groups -OCH3 is 1. The third-order valence-electron chi connectivity index (χ3n) is 4.60. The molecule has 1 heterocycles.